The van der Waals surface area contributed by atoms with E-state index in [1.54, 1.807) is 17.5 Å². The van der Waals surface area contributed by atoms with E-state index in [2.05, 4.69) is 10.3 Å². The molecule has 1 atom stereocenters. The Morgan fingerprint density at radius 1 is 1.59 bits per heavy atom. The van der Waals surface area contributed by atoms with Gasteiger partial charge >= 0.3 is 0 Å². The highest BCUT2D eigenvalue weighted by Crippen LogP contribution is 2.18. The molecule has 4 nitrogen and oxygen atoms in total. The van der Waals surface area contributed by atoms with Gasteiger partial charge in [0.15, 0.2) is 0 Å². The maximum absolute atomic E-state index is 11.7. The van der Waals surface area contributed by atoms with Gasteiger partial charge in [-0.2, -0.15) is 0 Å². The van der Waals surface area contributed by atoms with E-state index in [1.807, 2.05) is 33.1 Å². The molecule has 0 aromatic carbocycles. The minimum absolute atomic E-state index is 0.00827. The SMILES string of the molecule is CCC(NC(=O)COC(C)(C)C)c1nccs1. The van der Waals surface area contributed by atoms with Crippen molar-refractivity contribution in [1.82, 2.24) is 10.3 Å². The van der Waals surface area contributed by atoms with Crippen LogP contribution < -0.4 is 5.32 Å². The van der Waals surface area contributed by atoms with E-state index in [-0.39, 0.29) is 24.2 Å². The van der Waals surface area contributed by atoms with Gasteiger partial charge in [-0.3, -0.25) is 4.79 Å². The van der Waals surface area contributed by atoms with Gasteiger partial charge in [0.1, 0.15) is 11.6 Å². The first-order chi connectivity index (χ1) is 7.92. The summed E-state index contributed by atoms with van der Waals surface area (Å²) in [5.41, 5.74) is -0.291. The Hall–Kier alpha value is -0.940. The van der Waals surface area contributed by atoms with Crippen molar-refractivity contribution >= 4 is 17.2 Å². The van der Waals surface area contributed by atoms with Crippen LogP contribution in [0.25, 0.3) is 0 Å². The van der Waals surface area contributed by atoms with Crippen LogP contribution in [-0.4, -0.2) is 23.1 Å². The maximum Gasteiger partial charge on any atom is 0.246 e. The van der Waals surface area contributed by atoms with Crippen molar-refractivity contribution in [1.29, 1.82) is 0 Å². The standard InChI is InChI=1S/C12H20N2O2S/c1-5-9(11-13-6-7-17-11)14-10(15)8-16-12(2,3)4/h6-7,9H,5,8H2,1-4H3,(H,14,15). The topological polar surface area (TPSA) is 51.2 Å². The van der Waals surface area contributed by atoms with E-state index in [1.165, 1.54) is 0 Å². The molecule has 1 aromatic rings. The summed E-state index contributed by atoms with van der Waals surface area (Å²) in [5.74, 6) is -0.0954. The average molecular weight is 256 g/mol. The second-order valence-electron chi connectivity index (χ2n) is 4.80. The van der Waals surface area contributed by atoms with Crippen molar-refractivity contribution in [3.8, 4) is 0 Å². The van der Waals surface area contributed by atoms with Gasteiger partial charge in [-0.25, -0.2) is 4.98 Å². The van der Waals surface area contributed by atoms with Crippen molar-refractivity contribution in [2.75, 3.05) is 6.61 Å². The number of carbonyl (C=O) groups is 1. The lowest BCUT2D eigenvalue weighted by molar-refractivity contribution is -0.131. The molecule has 0 spiro atoms. The highest BCUT2D eigenvalue weighted by Gasteiger charge is 2.17. The molecule has 0 aliphatic carbocycles. The smallest absolute Gasteiger partial charge is 0.246 e. The highest BCUT2D eigenvalue weighted by molar-refractivity contribution is 7.09. The van der Waals surface area contributed by atoms with Crippen molar-refractivity contribution in [3.05, 3.63) is 16.6 Å². The molecule has 0 saturated carbocycles. The molecule has 96 valence electrons. The monoisotopic (exact) mass is 256 g/mol. The first kappa shape index (κ1) is 14.1. The third-order valence-electron chi connectivity index (χ3n) is 2.13. The summed E-state index contributed by atoms with van der Waals surface area (Å²) in [7, 11) is 0. The zero-order valence-electron chi connectivity index (χ0n) is 10.8. The number of aromatic nitrogens is 1. The predicted molar refractivity (Wildman–Crippen MR) is 69.0 cm³/mol. The predicted octanol–water partition coefficient (Wildman–Crippen LogP) is 2.53. The summed E-state index contributed by atoms with van der Waals surface area (Å²) < 4.78 is 5.42. The number of nitrogens with zero attached hydrogens (tertiary/aromatic N) is 1. The van der Waals surface area contributed by atoms with Gasteiger partial charge in [-0.1, -0.05) is 6.92 Å². The van der Waals surface area contributed by atoms with Crippen molar-refractivity contribution in [2.45, 2.75) is 45.8 Å². The lowest BCUT2D eigenvalue weighted by Crippen LogP contribution is -2.34. The number of amides is 1. The Balaban J connectivity index is 2.44. The van der Waals surface area contributed by atoms with Gasteiger partial charge in [0.05, 0.1) is 11.6 Å². The summed E-state index contributed by atoms with van der Waals surface area (Å²) in [5, 5.41) is 5.78. The molecule has 1 amide bonds. The number of hydrogen-bond acceptors (Lipinski definition) is 4. The number of carbonyl (C=O) groups excluding carboxylic acids is 1. The quantitative estimate of drug-likeness (QED) is 0.880. The van der Waals surface area contributed by atoms with E-state index in [0.717, 1.165) is 11.4 Å². The van der Waals surface area contributed by atoms with Crippen molar-refractivity contribution < 1.29 is 9.53 Å². The molecular formula is C12H20N2O2S. The normalized spacial score (nSPS) is 13.4. The molecule has 0 aliphatic rings. The summed E-state index contributed by atoms with van der Waals surface area (Å²) in [6.45, 7) is 7.90. The van der Waals surface area contributed by atoms with Crippen molar-refractivity contribution in [2.24, 2.45) is 0 Å². The van der Waals surface area contributed by atoms with Crippen LogP contribution >= 0.6 is 11.3 Å². The molecule has 0 bridgehead atoms. The van der Waals surface area contributed by atoms with Crippen LogP contribution in [0, 0.1) is 0 Å². The molecule has 1 unspecified atom stereocenters. The Morgan fingerprint density at radius 3 is 2.76 bits per heavy atom. The van der Waals surface area contributed by atoms with Gasteiger partial charge in [-0.15, -0.1) is 11.3 Å². The van der Waals surface area contributed by atoms with Crippen LogP contribution in [0.15, 0.2) is 11.6 Å². The van der Waals surface area contributed by atoms with Gasteiger partial charge in [0.25, 0.3) is 0 Å². The average Bonchev–Trinajstić information content (AvgIpc) is 2.75. The third-order valence-corrected chi connectivity index (χ3v) is 3.02. The number of thiazole rings is 1. The van der Waals surface area contributed by atoms with Gasteiger partial charge < -0.3 is 10.1 Å². The first-order valence-electron chi connectivity index (χ1n) is 5.75. The number of nitrogens with one attached hydrogen (secondary N) is 1. The Kier molecular flexibility index (Phi) is 5.08. The van der Waals surface area contributed by atoms with Crippen LogP contribution in [-0.2, 0) is 9.53 Å². The summed E-state index contributed by atoms with van der Waals surface area (Å²) in [6.07, 6.45) is 2.58. The minimum Gasteiger partial charge on any atom is -0.366 e. The molecule has 0 saturated heterocycles. The Morgan fingerprint density at radius 2 is 2.29 bits per heavy atom. The zero-order valence-corrected chi connectivity index (χ0v) is 11.6. The number of rotatable bonds is 5. The molecule has 0 radical (unpaired) electrons. The minimum atomic E-state index is -0.291. The van der Waals surface area contributed by atoms with Crippen molar-refractivity contribution in [3.63, 3.8) is 0 Å². The maximum atomic E-state index is 11.7. The van der Waals surface area contributed by atoms with Crippen LogP contribution in [0.5, 0.6) is 0 Å². The van der Waals surface area contributed by atoms with Gasteiger partial charge in [0, 0.05) is 11.6 Å². The molecule has 1 heterocycles. The molecule has 1 rings (SSSR count). The van der Waals surface area contributed by atoms with Crippen LogP contribution in [0.4, 0.5) is 0 Å². The van der Waals surface area contributed by atoms with Crippen LogP contribution in [0.1, 0.15) is 45.2 Å². The largest absolute Gasteiger partial charge is 0.366 e. The zero-order chi connectivity index (χ0) is 12.9. The van der Waals surface area contributed by atoms with Gasteiger partial charge in [-0.05, 0) is 27.2 Å². The molecule has 17 heavy (non-hydrogen) atoms. The summed E-state index contributed by atoms with van der Waals surface area (Å²) in [4.78, 5) is 15.9. The lowest BCUT2D eigenvalue weighted by Gasteiger charge is -2.20. The molecule has 0 fully saturated rings. The number of ether oxygens (including phenoxy) is 1. The Labute approximate surface area is 106 Å². The van der Waals surface area contributed by atoms with Crippen LogP contribution in [0.2, 0.25) is 0 Å². The summed E-state index contributed by atoms with van der Waals surface area (Å²) >= 11 is 1.55. The fourth-order valence-electron chi connectivity index (χ4n) is 1.26. The molecule has 0 aliphatic heterocycles. The number of hydrogen-bond donors (Lipinski definition) is 1. The lowest BCUT2D eigenvalue weighted by atomic mass is 10.2. The highest BCUT2D eigenvalue weighted by atomic mass is 32.1. The Bertz CT molecular complexity index is 344. The third kappa shape index (κ3) is 5.28. The van der Waals surface area contributed by atoms with E-state index < -0.39 is 0 Å². The fourth-order valence-corrected chi connectivity index (χ4v) is 2.04. The molecule has 1 N–H and O–H groups in total. The molecule has 1 aromatic heterocycles. The summed E-state index contributed by atoms with van der Waals surface area (Å²) in [6, 6.07) is -0.00827. The second-order valence-corrected chi connectivity index (χ2v) is 5.73. The molecule has 5 heteroatoms. The fraction of sp³-hybridized carbons (Fsp3) is 0.667. The second kappa shape index (κ2) is 6.12. The van der Waals surface area contributed by atoms with E-state index in [4.69, 9.17) is 4.74 Å². The van der Waals surface area contributed by atoms with Gasteiger partial charge in [0.2, 0.25) is 5.91 Å². The van der Waals surface area contributed by atoms with E-state index in [0.29, 0.717) is 0 Å². The van der Waals surface area contributed by atoms with E-state index in [9.17, 15) is 4.79 Å². The first-order valence-corrected chi connectivity index (χ1v) is 6.63. The van der Waals surface area contributed by atoms with Crippen LogP contribution in [0.3, 0.4) is 0 Å². The molecular weight excluding hydrogens is 236 g/mol. The van der Waals surface area contributed by atoms with E-state index >= 15 is 0 Å².